The van der Waals surface area contributed by atoms with Crippen LogP contribution in [-0.2, 0) is 0 Å². The maximum atomic E-state index is 2.32. The summed E-state index contributed by atoms with van der Waals surface area (Å²) in [5.41, 5.74) is 2.32. The molecule has 0 aliphatic heterocycles. The summed E-state index contributed by atoms with van der Waals surface area (Å²) in [6.45, 7) is 6.72. The maximum Gasteiger partial charge on any atom is 0.00143 e. The van der Waals surface area contributed by atoms with Gasteiger partial charge in [0, 0.05) is 8.41 Å². The monoisotopic (exact) mass is 100 g/mol. The van der Waals surface area contributed by atoms with Crippen LogP contribution >= 0.6 is 0 Å². The van der Waals surface area contributed by atoms with E-state index < -0.39 is 0 Å². The molecule has 0 atom stereocenters. The minimum absolute atomic E-state index is 0.00669. The van der Waals surface area contributed by atoms with Crippen LogP contribution in [0.4, 0.5) is 0 Å². The van der Waals surface area contributed by atoms with Gasteiger partial charge in [-0.1, -0.05) is 20.4 Å². The minimum atomic E-state index is 0.00669. The van der Waals surface area contributed by atoms with Gasteiger partial charge in [0.2, 0.25) is 0 Å². The van der Waals surface area contributed by atoms with Gasteiger partial charge in [-0.05, 0) is 6.04 Å². The molecule has 0 nitrogen and oxygen atoms in total. The average Bonchev–Trinajstić information content (AvgIpc) is 1.65. The standard InChI is InChI=1S/C5H12Si/c1-4-6(3)5-2/h4H,5H2,1-3H3. The van der Waals surface area contributed by atoms with Gasteiger partial charge in [0.05, 0.1) is 0 Å². The lowest BCUT2D eigenvalue weighted by atomic mass is 11.0. The maximum absolute atomic E-state index is 2.32. The lowest BCUT2D eigenvalue weighted by Crippen LogP contribution is -1.90. The van der Waals surface area contributed by atoms with E-state index in [9.17, 15) is 0 Å². The predicted octanol–water partition coefficient (Wildman–Crippen LogP) is 1.53. The van der Waals surface area contributed by atoms with Crippen molar-refractivity contribution < 1.29 is 0 Å². The molecule has 0 saturated heterocycles. The molecule has 0 bridgehead atoms. The lowest BCUT2D eigenvalue weighted by molar-refractivity contribution is 1.45. The number of hydrogen-bond donors (Lipinski definition) is 0. The first-order chi connectivity index (χ1) is 2.81. The summed E-state index contributed by atoms with van der Waals surface area (Å²) in [4.78, 5) is 0. The van der Waals surface area contributed by atoms with E-state index in [1.54, 1.807) is 0 Å². The Morgan fingerprint density at radius 3 is 2.17 bits per heavy atom. The summed E-state index contributed by atoms with van der Waals surface area (Å²) in [5, 5.41) is 0. The minimum Gasteiger partial charge on any atom is -0.107 e. The van der Waals surface area contributed by atoms with Gasteiger partial charge >= 0.3 is 0 Å². The smallest absolute Gasteiger partial charge is 0.00143 e. The molecule has 0 aromatic heterocycles. The van der Waals surface area contributed by atoms with E-state index in [0.717, 1.165) is 0 Å². The fourth-order valence-electron chi connectivity index (χ4n) is 0.204. The second-order valence-electron chi connectivity index (χ2n) is 1.49. The highest BCUT2D eigenvalue weighted by molar-refractivity contribution is 6.64. The van der Waals surface area contributed by atoms with Gasteiger partial charge in [-0.2, -0.15) is 0 Å². The molecule has 0 aromatic rings. The van der Waals surface area contributed by atoms with Gasteiger partial charge in [0.1, 0.15) is 0 Å². The predicted molar refractivity (Wildman–Crippen MR) is 33.8 cm³/mol. The molecule has 0 amide bonds. The van der Waals surface area contributed by atoms with Crippen molar-refractivity contribution in [2.75, 3.05) is 0 Å². The van der Waals surface area contributed by atoms with Crippen LogP contribution in [0.25, 0.3) is 0 Å². The first-order valence-corrected chi connectivity index (χ1v) is 4.71. The largest absolute Gasteiger partial charge is 0.107 e. The third-order valence-electron chi connectivity index (χ3n) is 1.05. The summed E-state index contributed by atoms with van der Waals surface area (Å²) in [5.74, 6) is 0. The Hall–Kier alpha value is 0.0869. The zero-order valence-corrected chi connectivity index (χ0v) is 5.78. The Bertz CT molecular complexity index is 55.0. The van der Waals surface area contributed by atoms with Gasteiger partial charge in [0.15, 0.2) is 0 Å². The Labute approximate surface area is 41.4 Å². The first kappa shape index (κ1) is 6.09. The van der Waals surface area contributed by atoms with Gasteiger partial charge in [-0.3, -0.25) is 0 Å². The van der Waals surface area contributed by atoms with Crippen molar-refractivity contribution in [3.63, 3.8) is 0 Å². The normalized spacial score (nSPS) is 12.2. The molecular weight excluding hydrogens is 88.1 g/mol. The molecule has 1 heteroatoms. The molecule has 0 aliphatic carbocycles. The summed E-state index contributed by atoms with van der Waals surface area (Å²) in [6.07, 6.45) is 0. The zero-order chi connectivity index (χ0) is 4.99. The van der Waals surface area contributed by atoms with E-state index in [-0.39, 0.29) is 8.41 Å². The van der Waals surface area contributed by atoms with Crippen molar-refractivity contribution in [2.24, 2.45) is 0 Å². The molecule has 0 N–H and O–H groups in total. The van der Waals surface area contributed by atoms with Crippen LogP contribution in [-0.4, -0.2) is 14.1 Å². The molecule has 0 radical (unpaired) electrons. The van der Waals surface area contributed by atoms with Crippen LogP contribution in [0.15, 0.2) is 0 Å². The quantitative estimate of drug-likeness (QED) is 0.438. The number of hydrogen-bond acceptors (Lipinski definition) is 0. The van der Waals surface area contributed by atoms with Gasteiger partial charge in [-0.25, -0.2) is 0 Å². The third-order valence-corrected chi connectivity index (χ3v) is 3.15. The second kappa shape index (κ2) is 3.28. The van der Waals surface area contributed by atoms with Crippen LogP contribution < -0.4 is 0 Å². The van der Waals surface area contributed by atoms with E-state index in [0.29, 0.717) is 0 Å². The van der Waals surface area contributed by atoms with E-state index in [4.69, 9.17) is 0 Å². The molecule has 36 valence electrons. The summed E-state index contributed by atoms with van der Waals surface area (Å²) >= 11 is 0. The van der Waals surface area contributed by atoms with Crippen LogP contribution in [0.5, 0.6) is 0 Å². The molecule has 0 saturated carbocycles. The van der Waals surface area contributed by atoms with Crippen molar-refractivity contribution in [1.82, 2.24) is 0 Å². The molecule has 0 rings (SSSR count). The number of rotatable bonds is 1. The SMILES string of the molecule is CC=[Si](C)CC. The van der Waals surface area contributed by atoms with E-state index >= 15 is 0 Å². The Morgan fingerprint density at radius 2 is 2.17 bits per heavy atom. The molecule has 6 heavy (non-hydrogen) atoms. The zero-order valence-electron chi connectivity index (χ0n) is 4.78. The lowest BCUT2D eigenvalue weighted by Gasteiger charge is -1.82. The van der Waals surface area contributed by atoms with Gasteiger partial charge < -0.3 is 0 Å². The molecule has 0 aromatic carbocycles. The van der Waals surface area contributed by atoms with Gasteiger partial charge in [-0.15, -0.1) is 5.67 Å². The Kier molecular flexibility index (Phi) is 3.33. The van der Waals surface area contributed by atoms with Crippen LogP contribution in [0.3, 0.4) is 0 Å². The Morgan fingerprint density at radius 1 is 1.67 bits per heavy atom. The molecule has 0 unspecified atom stereocenters. The summed E-state index contributed by atoms with van der Waals surface area (Å²) < 4.78 is 0. The van der Waals surface area contributed by atoms with E-state index in [1.807, 2.05) is 0 Å². The molecule has 0 aliphatic rings. The van der Waals surface area contributed by atoms with Gasteiger partial charge in [0.25, 0.3) is 0 Å². The van der Waals surface area contributed by atoms with Crippen molar-refractivity contribution in [3.05, 3.63) is 0 Å². The second-order valence-corrected chi connectivity index (χ2v) is 4.47. The molecule has 0 spiro atoms. The summed E-state index contributed by atoms with van der Waals surface area (Å²) in [6, 6.07) is 1.38. The van der Waals surface area contributed by atoms with Crippen molar-refractivity contribution in [1.29, 1.82) is 0 Å². The Balaban J connectivity index is 3.22. The third kappa shape index (κ3) is 2.33. The average molecular weight is 100 g/mol. The van der Waals surface area contributed by atoms with E-state index in [2.05, 4.69) is 26.1 Å². The highest BCUT2D eigenvalue weighted by atomic mass is 28.2. The van der Waals surface area contributed by atoms with Crippen LogP contribution in [0, 0.1) is 0 Å². The van der Waals surface area contributed by atoms with E-state index in [1.165, 1.54) is 6.04 Å². The molecule has 0 heterocycles. The van der Waals surface area contributed by atoms with Crippen molar-refractivity contribution >= 4 is 14.1 Å². The van der Waals surface area contributed by atoms with Crippen molar-refractivity contribution in [2.45, 2.75) is 26.4 Å². The highest BCUT2D eigenvalue weighted by Gasteiger charge is 1.75. The summed E-state index contributed by atoms with van der Waals surface area (Å²) in [7, 11) is 0.00669. The fraction of sp³-hybridized carbons (Fsp3) is 0.800. The first-order valence-electron chi connectivity index (χ1n) is 2.43. The van der Waals surface area contributed by atoms with Crippen LogP contribution in [0.1, 0.15) is 13.8 Å². The van der Waals surface area contributed by atoms with Crippen LogP contribution in [0.2, 0.25) is 12.6 Å². The highest BCUT2D eigenvalue weighted by Crippen LogP contribution is 1.74. The van der Waals surface area contributed by atoms with Crippen molar-refractivity contribution in [3.8, 4) is 0 Å². The molecule has 0 fully saturated rings. The fourth-order valence-corrected chi connectivity index (χ4v) is 0.612. The molecular formula is C5H12Si. The topological polar surface area (TPSA) is 0 Å².